The molecule has 0 saturated carbocycles. The number of benzene rings is 2. The number of para-hydroxylation sites is 1. The first-order chi connectivity index (χ1) is 14.6. The molecule has 158 valence electrons. The van der Waals surface area contributed by atoms with Crippen LogP contribution in [0.5, 0.6) is 11.5 Å². The molecule has 0 aliphatic carbocycles. The van der Waals surface area contributed by atoms with Crippen LogP contribution in [0.15, 0.2) is 42.5 Å². The fourth-order valence-electron chi connectivity index (χ4n) is 4.93. The van der Waals surface area contributed by atoms with E-state index in [1.807, 2.05) is 12.1 Å². The van der Waals surface area contributed by atoms with E-state index in [2.05, 4.69) is 29.2 Å². The van der Waals surface area contributed by atoms with Crippen LogP contribution >= 0.6 is 0 Å². The first-order valence-corrected chi connectivity index (χ1v) is 10.8. The lowest BCUT2D eigenvalue weighted by Gasteiger charge is -2.43. The Labute approximate surface area is 177 Å². The molecule has 1 amide bonds. The number of fused-ring (bicyclic) bond motifs is 2. The number of piperidine rings is 1. The number of hydrogen-bond acceptors (Lipinski definition) is 5. The minimum atomic E-state index is -0.896. The Bertz CT molecular complexity index is 947. The lowest BCUT2D eigenvalue weighted by Crippen LogP contribution is -2.56. The molecular weight excluding hydrogens is 380 g/mol. The van der Waals surface area contributed by atoms with Crippen molar-refractivity contribution in [2.45, 2.75) is 31.4 Å². The van der Waals surface area contributed by atoms with Crippen molar-refractivity contribution < 1.29 is 19.4 Å². The second-order valence-electron chi connectivity index (χ2n) is 8.61. The highest BCUT2D eigenvalue weighted by atomic mass is 16.6. The van der Waals surface area contributed by atoms with E-state index in [-0.39, 0.29) is 5.91 Å². The van der Waals surface area contributed by atoms with Gasteiger partial charge in [-0.05, 0) is 42.5 Å². The molecule has 1 fully saturated rings. The van der Waals surface area contributed by atoms with E-state index in [1.165, 1.54) is 11.1 Å². The number of β-amino-alcohol motifs (C(OH)–C–C–N with tert-alkyl or cyclic N) is 1. The van der Waals surface area contributed by atoms with Gasteiger partial charge in [-0.15, -0.1) is 0 Å². The molecule has 6 nitrogen and oxygen atoms in total. The van der Waals surface area contributed by atoms with Gasteiger partial charge in [0.15, 0.2) is 11.5 Å². The van der Waals surface area contributed by atoms with Crippen molar-refractivity contribution in [1.82, 2.24) is 9.80 Å². The highest BCUT2D eigenvalue weighted by molar-refractivity contribution is 5.98. The average molecular weight is 408 g/mol. The monoisotopic (exact) mass is 408 g/mol. The van der Waals surface area contributed by atoms with E-state index in [0.717, 1.165) is 25.9 Å². The van der Waals surface area contributed by atoms with E-state index in [0.29, 0.717) is 56.3 Å². The summed E-state index contributed by atoms with van der Waals surface area (Å²) in [7, 11) is 0. The molecule has 1 unspecified atom stereocenters. The van der Waals surface area contributed by atoms with Crippen LogP contribution < -0.4 is 9.47 Å². The van der Waals surface area contributed by atoms with Gasteiger partial charge < -0.3 is 19.5 Å². The van der Waals surface area contributed by atoms with Gasteiger partial charge in [0.05, 0.1) is 17.7 Å². The van der Waals surface area contributed by atoms with Crippen molar-refractivity contribution in [3.63, 3.8) is 0 Å². The molecule has 6 heteroatoms. The summed E-state index contributed by atoms with van der Waals surface area (Å²) in [5, 5.41) is 11.4. The predicted molar refractivity (Wildman–Crippen MR) is 113 cm³/mol. The van der Waals surface area contributed by atoms with Crippen LogP contribution in [0.4, 0.5) is 0 Å². The van der Waals surface area contributed by atoms with E-state index in [4.69, 9.17) is 9.47 Å². The lowest BCUT2D eigenvalue weighted by molar-refractivity contribution is -0.0490. The van der Waals surface area contributed by atoms with Gasteiger partial charge in [0, 0.05) is 26.2 Å². The molecule has 0 radical (unpaired) electrons. The number of rotatable bonds is 3. The predicted octanol–water partition coefficient (Wildman–Crippen LogP) is 2.48. The van der Waals surface area contributed by atoms with Gasteiger partial charge in [-0.2, -0.15) is 0 Å². The van der Waals surface area contributed by atoms with Crippen LogP contribution in [0.25, 0.3) is 0 Å². The fourth-order valence-corrected chi connectivity index (χ4v) is 4.93. The molecule has 2 aromatic rings. The molecule has 0 aromatic heterocycles. The van der Waals surface area contributed by atoms with Gasteiger partial charge in [-0.25, -0.2) is 0 Å². The van der Waals surface area contributed by atoms with Crippen molar-refractivity contribution in [3.05, 3.63) is 59.2 Å². The third-order valence-corrected chi connectivity index (χ3v) is 6.37. The van der Waals surface area contributed by atoms with Gasteiger partial charge in [-0.1, -0.05) is 30.3 Å². The molecule has 3 heterocycles. The first kappa shape index (κ1) is 19.4. The highest BCUT2D eigenvalue weighted by Gasteiger charge is 2.38. The number of likely N-dealkylation sites (tertiary alicyclic amines) is 1. The summed E-state index contributed by atoms with van der Waals surface area (Å²) in [5.41, 5.74) is 2.36. The molecule has 1 atom stereocenters. The molecular formula is C24H28N2O4. The van der Waals surface area contributed by atoms with Crippen LogP contribution in [0, 0.1) is 0 Å². The summed E-state index contributed by atoms with van der Waals surface area (Å²) in [6.45, 7) is 4.29. The Morgan fingerprint density at radius 2 is 1.87 bits per heavy atom. The largest absolute Gasteiger partial charge is 0.486 e. The maximum Gasteiger partial charge on any atom is 0.257 e. The van der Waals surface area contributed by atoms with Crippen molar-refractivity contribution >= 4 is 5.91 Å². The Morgan fingerprint density at radius 1 is 1.03 bits per heavy atom. The van der Waals surface area contributed by atoms with Gasteiger partial charge in [0.25, 0.3) is 5.91 Å². The maximum absolute atomic E-state index is 13.3. The summed E-state index contributed by atoms with van der Waals surface area (Å²) in [4.78, 5) is 17.4. The zero-order chi connectivity index (χ0) is 20.6. The van der Waals surface area contributed by atoms with Crippen molar-refractivity contribution in [1.29, 1.82) is 0 Å². The number of hydrogen-bond donors (Lipinski definition) is 1. The Balaban J connectivity index is 1.29. The highest BCUT2D eigenvalue weighted by Crippen LogP contribution is 2.35. The number of ether oxygens (including phenoxy) is 2. The van der Waals surface area contributed by atoms with Crippen LogP contribution in [0.1, 0.15) is 34.3 Å². The Morgan fingerprint density at radius 3 is 2.77 bits per heavy atom. The SMILES string of the molecule is O=C(c1cccc2c1OCCO2)N1CCCC(O)(CN2CCc3ccccc3C2)C1. The third-order valence-electron chi connectivity index (χ3n) is 6.37. The Kier molecular flexibility index (Phi) is 5.13. The van der Waals surface area contributed by atoms with Gasteiger partial charge in [-0.3, -0.25) is 9.69 Å². The van der Waals surface area contributed by atoms with E-state index >= 15 is 0 Å². The van der Waals surface area contributed by atoms with Crippen LogP contribution in [-0.2, 0) is 13.0 Å². The number of aliphatic hydroxyl groups is 1. The van der Waals surface area contributed by atoms with Crippen LogP contribution in [-0.4, -0.2) is 65.8 Å². The fraction of sp³-hybridized carbons (Fsp3) is 0.458. The van der Waals surface area contributed by atoms with Crippen molar-refractivity contribution in [2.75, 3.05) is 39.4 Å². The van der Waals surface area contributed by atoms with Crippen molar-refractivity contribution in [3.8, 4) is 11.5 Å². The quantitative estimate of drug-likeness (QED) is 0.846. The van der Waals surface area contributed by atoms with E-state index in [1.54, 1.807) is 11.0 Å². The molecule has 0 spiro atoms. The Hall–Kier alpha value is -2.57. The topological polar surface area (TPSA) is 62.2 Å². The summed E-state index contributed by atoms with van der Waals surface area (Å²) in [6, 6.07) is 13.9. The third kappa shape index (κ3) is 3.77. The van der Waals surface area contributed by atoms with Crippen LogP contribution in [0.3, 0.4) is 0 Å². The minimum absolute atomic E-state index is 0.0977. The molecule has 1 saturated heterocycles. The summed E-state index contributed by atoms with van der Waals surface area (Å²) < 4.78 is 11.4. The van der Waals surface area contributed by atoms with Crippen LogP contribution in [0.2, 0.25) is 0 Å². The normalized spacial score (nSPS) is 23.7. The van der Waals surface area contributed by atoms with Gasteiger partial charge >= 0.3 is 0 Å². The molecule has 0 bridgehead atoms. The standard InChI is InChI=1S/C24H28N2O4/c27-23(20-7-3-8-21-22(20)30-14-13-29-21)26-11-4-10-24(28,17-26)16-25-12-9-18-5-1-2-6-19(18)15-25/h1-3,5-8,28H,4,9-17H2. The van der Waals surface area contributed by atoms with Gasteiger partial charge in [0.2, 0.25) is 0 Å². The van der Waals surface area contributed by atoms with E-state index in [9.17, 15) is 9.90 Å². The molecule has 2 aromatic carbocycles. The number of amides is 1. The second kappa shape index (κ2) is 7.93. The molecule has 5 rings (SSSR count). The van der Waals surface area contributed by atoms with E-state index < -0.39 is 5.60 Å². The lowest BCUT2D eigenvalue weighted by atomic mass is 9.90. The zero-order valence-corrected chi connectivity index (χ0v) is 17.2. The average Bonchev–Trinajstić information content (AvgIpc) is 2.78. The summed E-state index contributed by atoms with van der Waals surface area (Å²) in [5.74, 6) is 1.04. The summed E-state index contributed by atoms with van der Waals surface area (Å²) >= 11 is 0. The van der Waals surface area contributed by atoms with Gasteiger partial charge in [0.1, 0.15) is 13.2 Å². The zero-order valence-electron chi connectivity index (χ0n) is 17.2. The summed E-state index contributed by atoms with van der Waals surface area (Å²) in [6.07, 6.45) is 2.50. The minimum Gasteiger partial charge on any atom is -0.486 e. The smallest absolute Gasteiger partial charge is 0.257 e. The molecule has 30 heavy (non-hydrogen) atoms. The number of carbonyl (C=O) groups is 1. The second-order valence-corrected chi connectivity index (χ2v) is 8.61. The molecule has 1 N–H and O–H groups in total. The number of nitrogens with zero attached hydrogens (tertiary/aromatic N) is 2. The number of carbonyl (C=O) groups excluding carboxylic acids is 1. The maximum atomic E-state index is 13.3. The molecule has 3 aliphatic rings. The van der Waals surface area contributed by atoms with Crippen molar-refractivity contribution in [2.24, 2.45) is 0 Å². The molecule has 3 aliphatic heterocycles. The first-order valence-electron chi connectivity index (χ1n) is 10.8.